The van der Waals surface area contributed by atoms with E-state index in [2.05, 4.69) is 36.0 Å². The first-order valence-corrected chi connectivity index (χ1v) is 10.8. The van der Waals surface area contributed by atoms with Crippen LogP contribution in [0.2, 0.25) is 0 Å². The van der Waals surface area contributed by atoms with Crippen LogP contribution >= 0.6 is 0 Å². The van der Waals surface area contributed by atoms with Gasteiger partial charge in [-0.15, -0.1) is 5.10 Å². The zero-order valence-corrected chi connectivity index (χ0v) is 18.6. The molecular weight excluding hydrogens is 471 g/mol. The maximum Gasteiger partial charge on any atom is 0.433 e. The van der Waals surface area contributed by atoms with Crippen LogP contribution in [-0.4, -0.2) is 25.1 Å². The summed E-state index contributed by atoms with van der Waals surface area (Å²) in [6.07, 6.45) is 4.82. The van der Waals surface area contributed by atoms with E-state index in [9.17, 15) is 13.2 Å². The Morgan fingerprint density at radius 3 is 2.25 bits per heavy atom. The molecule has 0 saturated carbocycles. The van der Waals surface area contributed by atoms with E-state index in [1.54, 1.807) is 24.8 Å². The highest BCUT2D eigenvalue weighted by atomic mass is 19.4. The van der Waals surface area contributed by atoms with Crippen molar-refractivity contribution in [2.45, 2.75) is 12.7 Å². The number of hydrogen-bond acceptors (Lipinski definition) is 8. The number of alkyl halides is 3. The predicted molar refractivity (Wildman–Crippen MR) is 126 cm³/mol. The highest BCUT2D eigenvalue weighted by Crippen LogP contribution is 2.36. The number of rotatable bonds is 7. The molecule has 1 aromatic carbocycles. The fourth-order valence-corrected chi connectivity index (χ4v) is 3.59. The topological polar surface area (TPSA) is 102 Å². The number of oxazole rings is 1. The zero-order chi connectivity index (χ0) is 25.0. The van der Waals surface area contributed by atoms with Crippen molar-refractivity contribution in [2.24, 2.45) is 0 Å². The monoisotopic (exact) mass is 489 g/mol. The second kappa shape index (κ2) is 9.92. The lowest BCUT2D eigenvalue weighted by Crippen LogP contribution is -2.23. The Balaban J connectivity index is 1.41. The van der Waals surface area contributed by atoms with E-state index in [0.717, 1.165) is 33.9 Å². The van der Waals surface area contributed by atoms with Gasteiger partial charge in [-0.3, -0.25) is 9.97 Å². The molecule has 0 unspecified atom stereocenters. The lowest BCUT2D eigenvalue weighted by atomic mass is 9.96. The summed E-state index contributed by atoms with van der Waals surface area (Å²) < 4.78 is 43.6. The molecule has 0 spiro atoms. The van der Waals surface area contributed by atoms with Gasteiger partial charge in [-0.2, -0.15) is 18.3 Å². The van der Waals surface area contributed by atoms with Crippen molar-refractivity contribution in [3.8, 4) is 33.7 Å². The average Bonchev–Trinajstić information content (AvgIpc) is 3.44. The van der Waals surface area contributed by atoms with E-state index < -0.39 is 11.9 Å². The van der Waals surface area contributed by atoms with Crippen LogP contribution in [0.1, 0.15) is 11.3 Å². The van der Waals surface area contributed by atoms with Gasteiger partial charge >= 0.3 is 6.18 Å². The van der Waals surface area contributed by atoms with Crippen LogP contribution in [0, 0.1) is 0 Å². The molecule has 0 atom stereocenters. The highest BCUT2D eigenvalue weighted by Gasteiger charge is 2.32. The first-order chi connectivity index (χ1) is 17.5. The number of nitrogens with zero attached hydrogens (tertiary/aromatic N) is 5. The minimum Gasteiger partial charge on any atom is -0.445 e. The molecule has 0 aliphatic rings. The van der Waals surface area contributed by atoms with Gasteiger partial charge in [0.15, 0.2) is 5.82 Å². The standard InChI is InChI=1S/C25H18F3N7O/c26-25(27,28)21-6-1-16(13-31-21)14-32-34-23-22(18-7-9-29-10-8-18)20(15-33-35-23)17-2-4-19(5-3-17)24-30-11-12-36-24/h1-13,15,32H,14H2,(H,34,35). The molecule has 2 N–H and O–H groups in total. The number of pyridine rings is 2. The summed E-state index contributed by atoms with van der Waals surface area (Å²) in [5.74, 6) is 0.962. The van der Waals surface area contributed by atoms with Crippen molar-refractivity contribution < 1.29 is 17.6 Å². The third kappa shape index (κ3) is 5.05. The Kier molecular flexibility index (Phi) is 6.37. The lowest BCUT2D eigenvalue weighted by molar-refractivity contribution is -0.141. The molecule has 0 bridgehead atoms. The minimum atomic E-state index is -4.48. The van der Waals surface area contributed by atoms with Crippen LogP contribution in [0.4, 0.5) is 19.0 Å². The number of benzene rings is 1. The number of halogens is 3. The van der Waals surface area contributed by atoms with E-state index in [0.29, 0.717) is 17.3 Å². The highest BCUT2D eigenvalue weighted by molar-refractivity contribution is 5.89. The van der Waals surface area contributed by atoms with E-state index in [4.69, 9.17) is 4.42 Å². The zero-order valence-electron chi connectivity index (χ0n) is 18.6. The molecular formula is C25H18F3N7O. The Hall–Kier alpha value is -4.64. The molecule has 0 saturated heterocycles. The van der Waals surface area contributed by atoms with Crippen molar-refractivity contribution in [1.82, 2.24) is 30.6 Å². The maximum atomic E-state index is 12.8. The predicted octanol–water partition coefficient (Wildman–Crippen LogP) is 5.39. The Labute approximate surface area is 203 Å². The molecule has 180 valence electrons. The van der Waals surface area contributed by atoms with Crippen molar-refractivity contribution in [3.05, 3.63) is 97.0 Å². The van der Waals surface area contributed by atoms with Crippen molar-refractivity contribution >= 4 is 5.82 Å². The van der Waals surface area contributed by atoms with E-state index in [1.165, 1.54) is 18.5 Å². The van der Waals surface area contributed by atoms with E-state index in [-0.39, 0.29) is 6.54 Å². The lowest BCUT2D eigenvalue weighted by Gasteiger charge is -2.16. The molecule has 11 heteroatoms. The molecule has 36 heavy (non-hydrogen) atoms. The van der Waals surface area contributed by atoms with Gasteiger partial charge in [0.05, 0.1) is 12.4 Å². The molecule has 0 aliphatic carbocycles. The third-order valence-corrected chi connectivity index (χ3v) is 5.31. The molecule has 5 aromatic rings. The van der Waals surface area contributed by atoms with Gasteiger partial charge in [-0.05, 0) is 47.0 Å². The second-order valence-corrected chi connectivity index (χ2v) is 7.66. The first-order valence-electron chi connectivity index (χ1n) is 10.8. The molecule has 0 amide bonds. The summed E-state index contributed by atoms with van der Waals surface area (Å²) in [5, 5.41) is 8.39. The number of anilines is 1. The van der Waals surface area contributed by atoms with Gasteiger partial charge in [0.1, 0.15) is 12.0 Å². The minimum absolute atomic E-state index is 0.206. The SMILES string of the molecule is FC(F)(F)c1ccc(CNNc2nncc(-c3ccc(-c4ncco4)cc3)c2-c2ccncc2)cn1. The van der Waals surface area contributed by atoms with Gasteiger partial charge in [0.2, 0.25) is 5.89 Å². The van der Waals surface area contributed by atoms with Crippen LogP contribution in [0.25, 0.3) is 33.7 Å². The third-order valence-electron chi connectivity index (χ3n) is 5.31. The maximum absolute atomic E-state index is 12.8. The average molecular weight is 489 g/mol. The van der Waals surface area contributed by atoms with Crippen molar-refractivity contribution in [1.29, 1.82) is 0 Å². The molecule has 8 nitrogen and oxygen atoms in total. The Morgan fingerprint density at radius 1 is 0.806 bits per heavy atom. The molecule has 5 rings (SSSR count). The summed E-state index contributed by atoms with van der Waals surface area (Å²) in [4.78, 5) is 11.7. The Bertz CT molecular complexity index is 1420. The molecule has 0 aliphatic heterocycles. The van der Waals surface area contributed by atoms with Crippen molar-refractivity contribution in [3.63, 3.8) is 0 Å². The van der Waals surface area contributed by atoms with Crippen LogP contribution in [0.3, 0.4) is 0 Å². The van der Waals surface area contributed by atoms with Crippen LogP contribution in [0.15, 0.2) is 90.2 Å². The molecule has 0 radical (unpaired) electrons. The number of hydrogen-bond donors (Lipinski definition) is 2. The summed E-state index contributed by atoms with van der Waals surface area (Å²) in [6, 6.07) is 13.7. The number of aromatic nitrogens is 5. The van der Waals surface area contributed by atoms with Crippen LogP contribution in [0.5, 0.6) is 0 Å². The quantitative estimate of drug-likeness (QED) is 0.294. The molecule has 4 aromatic heterocycles. The summed E-state index contributed by atoms with van der Waals surface area (Å²) in [6.45, 7) is 0.206. The van der Waals surface area contributed by atoms with Gasteiger partial charge in [0.25, 0.3) is 0 Å². The fourth-order valence-electron chi connectivity index (χ4n) is 3.59. The first kappa shape index (κ1) is 23.1. The summed E-state index contributed by atoms with van der Waals surface area (Å²) in [7, 11) is 0. The van der Waals surface area contributed by atoms with E-state index >= 15 is 0 Å². The Morgan fingerprint density at radius 2 is 1.58 bits per heavy atom. The smallest absolute Gasteiger partial charge is 0.433 e. The summed E-state index contributed by atoms with van der Waals surface area (Å²) in [5.41, 5.74) is 9.80. The van der Waals surface area contributed by atoms with Gasteiger partial charge in [-0.25, -0.2) is 10.4 Å². The van der Waals surface area contributed by atoms with Gasteiger partial charge in [0, 0.05) is 41.8 Å². The normalized spacial score (nSPS) is 11.4. The molecule has 4 heterocycles. The summed E-state index contributed by atoms with van der Waals surface area (Å²) >= 11 is 0. The number of hydrazine groups is 1. The largest absolute Gasteiger partial charge is 0.445 e. The molecule has 0 fully saturated rings. The van der Waals surface area contributed by atoms with E-state index in [1.807, 2.05) is 36.4 Å². The fraction of sp³-hybridized carbons (Fsp3) is 0.0800. The number of nitrogens with one attached hydrogen (secondary N) is 2. The van der Waals surface area contributed by atoms with Gasteiger partial charge in [-0.1, -0.05) is 18.2 Å². The van der Waals surface area contributed by atoms with Crippen molar-refractivity contribution in [2.75, 3.05) is 5.43 Å². The van der Waals surface area contributed by atoms with Crippen LogP contribution < -0.4 is 10.9 Å². The second-order valence-electron chi connectivity index (χ2n) is 7.66. The van der Waals surface area contributed by atoms with Gasteiger partial charge < -0.3 is 9.84 Å². The van der Waals surface area contributed by atoms with Crippen LogP contribution in [-0.2, 0) is 12.7 Å².